The number of rotatable bonds is 5. The van der Waals surface area contributed by atoms with Crippen LogP contribution >= 0.6 is 22.6 Å². The predicted molar refractivity (Wildman–Crippen MR) is 78.0 cm³/mol. The maximum absolute atomic E-state index is 12.0. The van der Waals surface area contributed by atoms with E-state index >= 15 is 0 Å². The molecule has 18 heavy (non-hydrogen) atoms. The second kappa shape index (κ2) is 6.37. The molecule has 0 amide bonds. The lowest BCUT2D eigenvalue weighted by Crippen LogP contribution is -2.37. The molecule has 7 heteroatoms. The maximum Gasteiger partial charge on any atom is 0.326 e. The molecule has 0 aliphatic carbocycles. The van der Waals surface area contributed by atoms with Gasteiger partial charge in [-0.25, -0.2) is 8.42 Å². The molecule has 1 aromatic rings. The second-order valence-electron chi connectivity index (χ2n) is 3.46. The first-order valence-corrected chi connectivity index (χ1v) is 7.92. The van der Waals surface area contributed by atoms with Crippen molar-refractivity contribution in [3.8, 4) is 0 Å². The number of halogens is 1. The van der Waals surface area contributed by atoms with Crippen molar-refractivity contribution in [3.05, 3.63) is 27.8 Å². The zero-order chi connectivity index (χ0) is 13.8. The van der Waals surface area contributed by atoms with Crippen molar-refractivity contribution in [1.29, 1.82) is 0 Å². The van der Waals surface area contributed by atoms with Crippen LogP contribution in [0, 0.1) is 3.57 Å². The molecule has 0 atom stereocenters. The van der Waals surface area contributed by atoms with Gasteiger partial charge in [0, 0.05) is 3.57 Å². The van der Waals surface area contributed by atoms with E-state index in [0.29, 0.717) is 5.69 Å². The van der Waals surface area contributed by atoms with Gasteiger partial charge in [0.2, 0.25) is 10.0 Å². The first kappa shape index (κ1) is 15.2. The van der Waals surface area contributed by atoms with Crippen molar-refractivity contribution < 1.29 is 17.9 Å². The molecule has 0 saturated heterocycles. The Kier molecular flexibility index (Phi) is 5.39. The van der Waals surface area contributed by atoms with Gasteiger partial charge in [0.25, 0.3) is 0 Å². The molecule has 0 aliphatic heterocycles. The van der Waals surface area contributed by atoms with Gasteiger partial charge in [-0.2, -0.15) is 0 Å². The molecular formula is C11H14INO4S. The van der Waals surface area contributed by atoms with Crippen LogP contribution < -0.4 is 4.31 Å². The van der Waals surface area contributed by atoms with Gasteiger partial charge in [-0.05, 0) is 47.7 Å². The minimum atomic E-state index is -3.51. The Morgan fingerprint density at radius 3 is 2.61 bits per heavy atom. The summed E-state index contributed by atoms with van der Waals surface area (Å²) in [6.07, 6.45) is 0. The highest BCUT2D eigenvalue weighted by Gasteiger charge is 2.23. The zero-order valence-electron chi connectivity index (χ0n) is 10.1. The average Bonchev–Trinajstić information content (AvgIpc) is 2.35. The minimum Gasteiger partial charge on any atom is -0.468 e. The first-order valence-electron chi connectivity index (χ1n) is 5.23. The molecule has 0 unspecified atom stereocenters. The highest BCUT2D eigenvalue weighted by atomic mass is 127. The van der Waals surface area contributed by atoms with Gasteiger partial charge >= 0.3 is 5.97 Å². The molecule has 0 fully saturated rings. The molecular weight excluding hydrogens is 369 g/mol. The summed E-state index contributed by atoms with van der Waals surface area (Å²) in [5.74, 6) is -0.666. The standard InChI is InChI=1S/C11H14INO4S/c1-3-18(15,16)13(8-11(14)17-2)10-6-4-5-9(12)7-10/h4-7H,3,8H2,1-2H3. The van der Waals surface area contributed by atoms with Crippen LogP contribution in [0.1, 0.15) is 6.92 Å². The van der Waals surface area contributed by atoms with Gasteiger partial charge < -0.3 is 4.74 Å². The number of carbonyl (C=O) groups excluding carboxylic acids is 1. The maximum atomic E-state index is 12.0. The fraction of sp³-hybridized carbons (Fsp3) is 0.364. The summed E-state index contributed by atoms with van der Waals surface area (Å²) in [6.45, 7) is 1.22. The lowest BCUT2D eigenvalue weighted by molar-refractivity contribution is -0.138. The summed E-state index contributed by atoms with van der Waals surface area (Å²) in [4.78, 5) is 11.3. The van der Waals surface area contributed by atoms with Gasteiger partial charge in [-0.15, -0.1) is 0 Å². The number of hydrogen-bond donors (Lipinski definition) is 0. The molecule has 5 nitrogen and oxygen atoms in total. The third-order valence-corrected chi connectivity index (χ3v) is 4.71. The van der Waals surface area contributed by atoms with Crippen molar-refractivity contribution in [2.45, 2.75) is 6.92 Å². The Morgan fingerprint density at radius 1 is 1.44 bits per heavy atom. The van der Waals surface area contributed by atoms with E-state index in [1.807, 2.05) is 6.07 Å². The van der Waals surface area contributed by atoms with Crippen LogP contribution in [0.3, 0.4) is 0 Å². The number of esters is 1. The third-order valence-electron chi connectivity index (χ3n) is 2.30. The Balaban J connectivity index is 3.17. The van der Waals surface area contributed by atoms with Gasteiger partial charge in [0.15, 0.2) is 0 Å². The van der Waals surface area contributed by atoms with E-state index in [4.69, 9.17) is 0 Å². The monoisotopic (exact) mass is 383 g/mol. The second-order valence-corrected chi connectivity index (χ2v) is 6.89. The minimum absolute atomic E-state index is 0.0739. The van der Waals surface area contributed by atoms with E-state index in [2.05, 4.69) is 27.3 Å². The van der Waals surface area contributed by atoms with Crippen LogP contribution in [-0.4, -0.2) is 33.8 Å². The predicted octanol–water partition coefficient (Wildman–Crippen LogP) is 1.62. The third kappa shape index (κ3) is 3.84. The molecule has 100 valence electrons. The average molecular weight is 383 g/mol. The largest absolute Gasteiger partial charge is 0.468 e. The molecule has 0 saturated carbocycles. The number of carbonyl (C=O) groups is 1. The summed E-state index contributed by atoms with van der Waals surface area (Å²) < 4.78 is 30.4. The van der Waals surface area contributed by atoms with Crippen LogP contribution in [-0.2, 0) is 19.6 Å². The molecule has 0 heterocycles. The Morgan fingerprint density at radius 2 is 2.11 bits per heavy atom. The Labute approximate surface area is 120 Å². The summed E-state index contributed by atoms with van der Waals surface area (Å²) in [7, 11) is -2.28. The number of benzene rings is 1. The fourth-order valence-corrected chi connectivity index (χ4v) is 2.89. The lowest BCUT2D eigenvalue weighted by atomic mass is 10.3. The smallest absolute Gasteiger partial charge is 0.326 e. The van der Waals surface area contributed by atoms with Crippen LogP contribution in [0.25, 0.3) is 0 Å². The fourth-order valence-electron chi connectivity index (χ4n) is 1.32. The summed E-state index contributed by atoms with van der Waals surface area (Å²) >= 11 is 2.08. The van der Waals surface area contributed by atoms with E-state index in [-0.39, 0.29) is 12.3 Å². The van der Waals surface area contributed by atoms with E-state index in [1.54, 1.807) is 18.2 Å². The zero-order valence-corrected chi connectivity index (χ0v) is 13.1. The van der Waals surface area contributed by atoms with Crippen LogP contribution in [0.15, 0.2) is 24.3 Å². The van der Waals surface area contributed by atoms with Crippen molar-refractivity contribution in [1.82, 2.24) is 0 Å². The lowest BCUT2D eigenvalue weighted by Gasteiger charge is -2.22. The van der Waals surface area contributed by atoms with E-state index < -0.39 is 16.0 Å². The number of sulfonamides is 1. The van der Waals surface area contributed by atoms with Gasteiger partial charge in [-0.1, -0.05) is 6.07 Å². The molecule has 1 rings (SSSR count). The van der Waals surface area contributed by atoms with Crippen LogP contribution in [0.5, 0.6) is 0 Å². The normalized spacial score (nSPS) is 11.1. The van der Waals surface area contributed by atoms with Crippen molar-refractivity contribution in [3.63, 3.8) is 0 Å². The SMILES string of the molecule is CCS(=O)(=O)N(CC(=O)OC)c1cccc(I)c1. The van der Waals surface area contributed by atoms with Crippen molar-refractivity contribution in [2.75, 3.05) is 23.7 Å². The molecule has 0 radical (unpaired) electrons. The molecule has 0 spiro atoms. The van der Waals surface area contributed by atoms with Gasteiger partial charge in [0.1, 0.15) is 6.54 Å². The number of hydrogen-bond acceptors (Lipinski definition) is 4. The van der Waals surface area contributed by atoms with Gasteiger partial charge in [-0.3, -0.25) is 9.10 Å². The summed E-state index contributed by atoms with van der Waals surface area (Å²) in [6, 6.07) is 6.94. The molecule has 1 aromatic carbocycles. The van der Waals surface area contributed by atoms with Crippen LogP contribution in [0.4, 0.5) is 5.69 Å². The van der Waals surface area contributed by atoms with E-state index in [0.717, 1.165) is 7.88 Å². The molecule has 0 bridgehead atoms. The summed E-state index contributed by atoms with van der Waals surface area (Å²) in [5.41, 5.74) is 0.467. The molecule has 0 aromatic heterocycles. The van der Waals surface area contributed by atoms with E-state index in [1.165, 1.54) is 14.0 Å². The van der Waals surface area contributed by atoms with Gasteiger partial charge in [0.05, 0.1) is 18.6 Å². The highest BCUT2D eigenvalue weighted by molar-refractivity contribution is 14.1. The first-order chi connectivity index (χ1) is 8.40. The Hall–Kier alpha value is -0.830. The van der Waals surface area contributed by atoms with E-state index in [9.17, 15) is 13.2 Å². The number of ether oxygens (including phenoxy) is 1. The topological polar surface area (TPSA) is 63.7 Å². The number of methoxy groups -OCH3 is 1. The Bertz CT molecular complexity index is 530. The van der Waals surface area contributed by atoms with Crippen molar-refractivity contribution in [2.24, 2.45) is 0 Å². The highest BCUT2D eigenvalue weighted by Crippen LogP contribution is 2.20. The number of nitrogens with zero attached hydrogens (tertiary/aromatic N) is 1. The summed E-state index contributed by atoms with van der Waals surface area (Å²) in [5, 5.41) is 0. The molecule has 0 N–H and O–H groups in total. The van der Waals surface area contributed by atoms with Crippen molar-refractivity contribution >= 4 is 44.3 Å². The quantitative estimate of drug-likeness (QED) is 0.573. The number of anilines is 1. The molecule has 0 aliphatic rings. The van der Waals surface area contributed by atoms with Crippen LogP contribution in [0.2, 0.25) is 0 Å².